The quantitative estimate of drug-likeness (QED) is 0.181. The van der Waals surface area contributed by atoms with Crippen molar-refractivity contribution < 1.29 is 0 Å². The number of pyridine rings is 1. The molecule has 1 heterocycles. The summed E-state index contributed by atoms with van der Waals surface area (Å²) in [7, 11) is 0. The molecule has 1 aromatic heterocycles. The monoisotopic (exact) mass is 671 g/mol. The molecule has 1 fully saturated rings. The molecule has 1 heteroatoms. The average Bonchev–Trinajstić information content (AvgIpc) is 3.22. The highest BCUT2D eigenvalue weighted by Gasteiger charge is 2.35. The highest BCUT2D eigenvalue weighted by molar-refractivity contribution is 5.97. The van der Waals surface area contributed by atoms with Gasteiger partial charge >= 0.3 is 0 Å². The summed E-state index contributed by atoms with van der Waals surface area (Å²) in [6.07, 6.45) is 25.7. The summed E-state index contributed by atoms with van der Waals surface area (Å²) in [6.45, 7) is 0. The van der Waals surface area contributed by atoms with Gasteiger partial charge in [0, 0.05) is 17.4 Å². The number of allylic oxidation sites excluding steroid dienone is 8. The fourth-order valence-corrected chi connectivity index (χ4v) is 10.2. The Morgan fingerprint density at radius 1 is 0.538 bits per heavy atom. The van der Waals surface area contributed by atoms with Gasteiger partial charge < -0.3 is 0 Å². The molecule has 0 amide bonds. The molecule has 5 aromatic rings. The lowest BCUT2D eigenvalue weighted by Crippen LogP contribution is -2.43. The zero-order chi connectivity index (χ0) is 34.4. The topological polar surface area (TPSA) is 12.9 Å². The van der Waals surface area contributed by atoms with Gasteiger partial charge in [-0.25, -0.2) is 4.98 Å². The third kappa shape index (κ3) is 5.41. The number of aromatic nitrogens is 1. The van der Waals surface area contributed by atoms with Crippen LogP contribution >= 0.6 is 0 Å². The minimum absolute atomic E-state index is 0.304. The van der Waals surface area contributed by atoms with Crippen LogP contribution in [0.2, 0.25) is 0 Å². The summed E-state index contributed by atoms with van der Waals surface area (Å²) < 4.78 is 0. The molecule has 1 nitrogen and oxygen atoms in total. The van der Waals surface area contributed by atoms with Crippen LogP contribution in [0, 0.1) is 17.8 Å². The Balaban J connectivity index is 1.14. The van der Waals surface area contributed by atoms with E-state index in [4.69, 9.17) is 4.98 Å². The Morgan fingerprint density at radius 2 is 1.21 bits per heavy atom. The van der Waals surface area contributed by atoms with Crippen LogP contribution in [-0.4, -0.2) is 4.98 Å². The molecule has 254 valence electrons. The van der Waals surface area contributed by atoms with E-state index < -0.39 is 0 Å². The zero-order valence-electron chi connectivity index (χ0n) is 29.9. The number of rotatable bonds is 5. The molecule has 2 atom stereocenters. The van der Waals surface area contributed by atoms with Gasteiger partial charge in [0.25, 0.3) is 0 Å². The van der Waals surface area contributed by atoms with Crippen LogP contribution in [0.25, 0.3) is 49.9 Å². The fraction of sp³-hybridized carbons (Fsp3) is 0.235. The number of fused-ring (bicyclic) bond motifs is 4. The molecule has 2 unspecified atom stereocenters. The van der Waals surface area contributed by atoms with E-state index in [1.807, 2.05) is 0 Å². The van der Waals surface area contributed by atoms with E-state index in [9.17, 15) is 0 Å². The SMILES string of the molecule is C1=CC2C(C3=CC(c4cccc(-c5cccc6ccccc56)n4)=CCC3)=c3ccccc3=C(C3=c4ccccc4=C(C4CCCCC4)CC3)C2C=C1. The van der Waals surface area contributed by atoms with E-state index in [0.29, 0.717) is 11.8 Å². The van der Waals surface area contributed by atoms with Crippen molar-refractivity contribution in [2.24, 2.45) is 17.8 Å². The minimum atomic E-state index is 0.304. The van der Waals surface area contributed by atoms with Gasteiger partial charge in [-0.05, 0) is 122 Å². The smallest absolute Gasteiger partial charge is 0.0715 e. The van der Waals surface area contributed by atoms with Crippen molar-refractivity contribution in [3.05, 3.63) is 178 Å². The molecular formula is C51H45N. The lowest BCUT2D eigenvalue weighted by atomic mass is 9.67. The molecule has 0 bridgehead atoms. The van der Waals surface area contributed by atoms with Gasteiger partial charge in [-0.3, -0.25) is 0 Å². The van der Waals surface area contributed by atoms with E-state index in [1.54, 1.807) is 16.7 Å². The highest BCUT2D eigenvalue weighted by Crippen LogP contribution is 2.45. The summed E-state index contributed by atoms with van der Waals surface area (Å²) in [5, 5.41) is 8.36. The van der Waals surface area contributed by atoms with Gasteiger partial charge in [-0.1, -0.05) is 152 Å². The minimum Gasteiger partial charge on any atom is -0.248 e. The summed E-state index contributed by atoms with van der Waals surface area (Å²) in [6, 6.07) is 40.4. The number of nitrogens with zero attached hydrogens (tertiary/aromatic N) is 1. The van der Waals surface area contributed by atoms with E-state index >= 15 is 0 Å². The predicted octanol–water partition coefficient (Wildman–Crippen LogP) is 9.75. The van der Waals surface area contributed by atoms with Crippen LogP contribution in [0.4, 0.5) is 0 Å². The van der Waals surface area contributed by atoms with Crippen molar-refractivity contribution in [1.29, 1.82) is 0 Å². The van der Waals surface area contributed by atoms with E-state index in [-0.39, 0.29) is 0 Å². The number of benzene rings is 4. The molecule has 1 saturated carbocycles. The average molecular weight is 672 g/mol. The van der Waals surface area contributed by atoms with Crippen molar-refractivity contribution in [2.75, 3.05) is 0 Å². The molecule has 0 N–H and O–H groups in total. The Morgan fingerprint density at radius 3 is 2.06 bits per heavy atom. The Bertz CT molecular complexity index is 2610. The Hall–Kier alpha value is -5.27. The Labute approximate surface area is 307 Å². The fourth-order valence-electron chi connectivity index (χ4n) is 10.2. The highest BCUT2D eigenvalue weighted by atomic mass is 14.7. The second kappa shape index (κ2) is 13.4. The lowest BCUT2D eigenvalue weighted by Gasteiger charge is -2.36. The van der Waals surface area contributed by atoms with Gasteiger partial charge in [-0.15, -0.1) is 0 Å². The molecule has 52 heavy (non-hydrogen) atoms. The maximum absolute atomic E-state index is 5.30. The zero-order valence-corrected chi connectivity index (χ0v) is 29.9. The van der Waals surface area contributed by atoms with E-state index in [1.165, 1.54) is 92.5 Å². The van der Waals surface area contributed by atoms with Crippen LogP contribution in [0.15, 0.2) is 151 Å². The first kappa shape index (κ1) is 31.5. The van der Waals surface area contributed by atoms with Crippen molar-refractivity contribution in [3.8, 4) is 11.3 Å². The van der Waals surface area contributed by atoms with Gasteiger partial charge in [0.15, 0.2) is 0 Å². The van der Waals surface area contributed by atoms with Crippen molar-refractivity contribution in [2.45, 2.75) is 57.8 Å². The molecular weight excluding hydrogens is 627 g/mol. The maximum atomic E-state index is 5.30. The first-order valence-electron chi connectivity index (χ1n) is 19.7. The molecule has 0 aliphatic heterocycles. The van der Waals surface area contributed by atoms with Crippen LogP contribution < -0.4 is 20.9 Å². The summed E-state index contributed by atoms with van der Waals surface area (Å²) in [5.41, 5.74) is 12.3. The van der Waals surface area contributed by atoms with Crippen molar-refractivity contribution in [1.82, 2.24) is 4.98 Å². The van der Waals surface area contributed by atoms with E-state index in [0.717, 1.165) is 36.6 Å². The molecule has 0 saturated heterocycles. The van der Waals surface area contributed by atoms with Gasteiger partial charge in [-0.2, -0.15) is 0 Å². The molecule has 5 aliphatic carbocycles. The lowest BCUT2D eigenvalue weighted by molar-refractivity contribution is 0.421. The first-order chi connectivity index (χ1) is 25.8. The van der Waals surface area contributed by atoms with Gasteiger partial charge in [0.1, 0.15) is 0 Å². The van der Waals surface area contributed by atoms with Crippen LogP contribution in [0.1, 0.15) is 63.5 Å². The molecule has 5 aliphatic rings. The van der Waals surface area contributed by atoms with Crippen molar-refractivity contribution >= 4 is 38.6 Å². The summed E-state index contributed by atoms with van der Waals surface area (Å²) in [4.78, 5) is 5.30. The van der Waals surface area contributed by atoms with Gasteiger partial charge in [0.05, 0.1) is 11.4 Å². The maximum Gasteiger partial charge on any atom is 0.0715 e. The first-order valence-corrected chi connectivity index (χ1v) is 19.7. The Kier molecular flexibility index (Phi) is 8.09. The summed E-state index contributed by atoms with van der Waals surface area (Å²) >= 11 is 0. The largest absolute Gasteiger partial charge is 0.248 e. The predicted molar refractivity (Wildman–Crippen MR) is 219 cm³/mol. The molecule has 4 aromatic carbocycles. The van der Waals surface area contributed by atoms with Crippen LogP contribution in [-0.2, 0) is 0 Å². The second-order valence-electron chi connectivity index (χ2n) is 15.4. The van der Waals surface area contributed by atoms with E-state index in [2.05, 4.69) is 146 Å². The number of hydrogen-bond donors (Lipinski definition) is 0. The normalized spacial score (nSPS) is 21.4. The second-order valence-corrected chi connectivity index (χ2v) is 15.4. The summed E-state index contributed by atoms with van der Waals surface area (Å²) in [5.74, 6) is 1.38. The standard InChI is InChI=1S/C51H45N/c1-2-15-34(16-3-1)39-31-32-47(41-23-7-6-22-40(39)41)51-45-26-10-8-24-43(45)50(44-25-9-11-27-46(44)51)37-20-12-19-36(33-37)48-29-14-30-49(52-48)42-28-13-18-35-17-4-5-21-38(35)42/h4-11,13-14,17-19,21-30,33-34,43,45H,1-3,12,15-16,20,31-32H2. The van der Waals surface area contributed by atoms with Gasteiger partial charge in [0.2, 0.25) is 0 Å². The third-order valence-electron chi connectivity index (χ3n) is 12.5. The molecule has 10 rings (SSSR count). The number of hydrogen-bond acceptors (Lipinski definition) is 1. The van der Waals surface area contributed by atoms with Crippen LogP contribution in [0.3, 0.4) is 0 Å². The molecule has 0 radical (unpaired) electrons. The molecule has 0 spiro atoms. The van der Waals surface area contributed by atoms with Crippen molar-refractivity contribution in [3.63, 3.8) is 0 Å². The third-order valence-corrected chi connectivity index (χ3v) is 12.5. The van der Waals surface area contributed by atoms with Crippen LogP contribution in [0.5, 0.6) is 0 Å².